The number of hydrogen-bond donors (Lipinski definition) is 2. The van der Waals surface area contributed by atoms with Crippen molar-refractivity contribution in [1.82, 2.24) is 4.90 Å². The first-order valence-corrected chi connectivity index (χ1v) is 7.79. The molecule has 0 spiro atoms. The van der Waals surface area contributed by atoms with E-state index < -0.39 is 12.0 Å². The largest absolute Gasteiger partial charge is 0.481 e. The van der Waals surface area contributed by atoms with Gasteiger partial charge in [0.25, 0.3) is 0 Å². The first kappa shape index (κ1) is 18.9. The highest BCUT2D eigenvalue weighted by Crippen LogP contribution is 2.07. The second kappa shape index (κ2) is 11.7. The van der Waals surface area contributed by atoms with Crippen LogP contribution >= 0.6 is 0 Å². The fraction of sp³-hybridized carbons (Fsp3) is 0.867. The van der Waals surface area contributed by atoms with Gasteiger partial charge in [-0.25, -0.2) is 0 Å². The van der Waals surface area contributed by atoms with E-state index in [9.17, 15) is 9.59 Å². The Kier molecular flexibility index (Phi) is 11.1. The molecule has 1 atom stereocenters. The number of carboxylic acids is 1. The molecule has 0 saturated heterocycles. The Hall–Kier alpha value is -1.10. The molecule has 0 aromatic rings. The van der Waals surface area contributed by atoms with Crippen molar-refractivity contribution in [3.63, 3.8) is 0 Å². The summed E-state index contributed by atoms with van der Waals surface area (Å²) in [5.74, 6) is -1.00. The minimum atomic E-state index is -0.906. The molecule has 0 aliphatic rings. The fourth-order valence-electron chi connectivity index (χ4n) is 2.07. The summed E-state index contributed by atoms with van der Waals surface area (Å²) in [4.78, 5) is 24.6. The lowest BCUT2D eigenvalue weighted by Crippen LogP contribution is -2.44. The van der Waals surface area contributed by atoms with E-state index in [0.717, 1.165) is 51.6 Å². The molecule has 0 heterocycles. The molecule has 0 saturated carbocycles. The summed E-state index contributed by atoms with van der Waals surface area (Å²) in [6.45, 7) is 5.72. The number of rotatable bonds is 12. The first-order chi connectivity index (χ1) is 9.52. The zero-order valence-electron chi connectivity index (χ0n) is 12.9. The minimum Gasteiger partial charge on any atom is -0.481 e. The molecular weight excluding hydrogens is 256 g/mol. The Morgan fingerprint density at radius 2 is 1.55 bits per heavy atom. The van der Waals surface area contributed by atoms with Gasteiger partial charge < -0.3 is 15.7 Å². The number of amides is 1. The highest BCUT2D eigenvalue weighted by molar-refractivity contribution is 5.82. The minimum absolute atomic E-state index is 0.0509. The lowest BCUT2D eigenvalue weighted by Gasteiger charge is -2.25. The van der Waals surface area contributed by atoms with E-state index in [-0.39, 0.29) is 18.7 Å². The van der Waals surface area contributed by atoms with Crippen LogP contribution in [0.3, 0.4) is 0 Å². The van der Waals surface area contributed by atoms with Gasteiger partial charge >= 0.3 is 5.97 Å². The predicted molar refractivity (Wildman–Crippen MR) is 80.5 cm³/mol. The van der Waals surface area contributed by atoms with Gasteiger partial charge in [-0.15, -0.1) is 0 Å². The van der Waals surface area contributed by atoms with Crippen molar-refractivity contribution in [1.29, 1.82) is 0 Å². The second-order valence-electron chi connectivity index (χ2n) is 5.28. The number of carboxylic acid groups (broad SMARTS) is 1. The van der Waals surface area contributed by atoms with Gasteiger partial charge in [-0.1, -0.05) is 39.5 Å². The van der Waals surface area contributed by atoms with Crippen molar-refractivity contribution >= 4 is 11.9 Å². The average molecular weight is 286 g/mol. The first-order valence-electron chi connectivity index (χ1n) is 7.79. The van der Waals surface area contributed by atoms with Gasteiger partial charge in [-0.2, -0.15) is 0 Å². The molecule has 5 heteroatoms. The predicted octanol–water partition coefficient (Wildman–Crippen LogP) is 2.39. The van der Waals surface area contributed by atoms with Crippen molar-refractivity contribution in [3.05, 3.63) is 0 Å². The Morgan fingerprint density at radius 3 is 1.95 bits per heavy atom. The number of carbonyl (C=O) groups is 2. The van der Waals surface area contributed by atoms with Crippen molar-refractivity contribution in [2.45, 2.75) is 71.3 Å². The molecule has 5 nitrogen and oxygen atoms in total. The van der Waals surface area contributed by atoms with Gasteiger partial charge in [-0.3, -0.25) is 9.59 Å². The quantitative estimate of drug-likeness (QED) is 0.540. The monoisotopic (exact) mass is 286 g/mol. The molecule has 0 aromatic heterocycles. The van der Waals surface area contributed by atoms with Crippen LogP contribution in [0.2, 0.25) is 0 Å². The van der Waals surface area contributed by atoms with Gasteiger partial charge in [0, 0.05) is 19.5 Å². The van der Waals surface area contributed by atoms with Crippen LogP contribution in [-0.2, 0) is 9.59 Å². The van der Waals surface area contributed by atoms with Crippen molar-refractivity contribution in [2.24, 2.45) is 5.73 Å². The molecule has 1 amide bonds. The Bertz CT molecular complexity index is 272. The molecule has 0 rings (SSSR count). The topological polar surface area (TPSA) is 83.6 Å². The van der Waals surface area contributed by atoms with Crippen LogP contribution in [0.4, 0.5) is 0 Å². The zero-order chi connectivity index (χ0) is 15.4. The number of hydrogen-bond acceptors (Lipinski definition) is 3. The normalized spacial score (nSPS) is 12.2. The van der Waals surface area contributed by atoms with Crippen molar-refractivity contribution < 1.29 is 14.7 Å². The molecule has 0 unspecified atom stereocenters. The van der Waals surface area contributed by atoms with E-state index in [1.807, 2.05) is 4.90 Å². The Balaban J connectivity index is 4.31. The van der Waals surface area contributed by atoms with E-state index in [2.05, 4.69) is 13.8 Å². The summed E-state index contributed by atoms with van der Waals surface area (Å²) in [5, 5.41) is 8.65. The smallest absolute Gasteiger partial charge is 0.303 e. The summed E-state index contributed by atoms with van der Waals surface area (Å²) in [6, 6.07) is -0.686. The SMILES string of the molecule is CCCCCN(CCCCC)C(=O)[C@H](N)CCC(=O)O. The zero-order valence-corrected chi connectivity index (χ0v) is 12.9. The van der Waals surface area contributed by atoms with Crippen LogP contribution in [0.5, 0.6) is 0 Å². The van der Waals surface area contributed by atoms with E-state index in [1.165, 1.54) is 0 Å². The fourth-order valence-corrected chi connectivity index (χ4v) is 2.07. The maximum atomic E-state index is 12.3. The summed E-state index contributed by atoms with van der Waals surface area (Å²) in [6.07, 6.45) is 6.56. The summed E-state index contributed by atoms with van der Waals surface area (Å²) < 4.78 is 0. The van der Waals surface area contributed by atoms with Crippen LogP contribution in [0.1, 0.15) is 65.2 Å². The summed E-state index contributed by atoms with van der Waals surface area (Å²) in [7, 11) is 0. The van der Waals surface area contributed by atoms with Crippen LogP contribution in [0.25, 0.3) is 0 Å². The average Bonchev–Trinajstić information content (AvgIpc) is 2.42. The third-order valence-electron chi connectivity index (χ3n) is 3.36. The second-order valence-corrected chi connectivity index (χ2v) is 5.28. The maximum absolute atomic E-state index is 12.3. The van der Waals surface area contributed by atoms with E-state index in [1.54, 1.807) is 0 Å². The maximum Gasteiger partial charge on any atom is 0.303 e. The van der Waals surface area contributed by atoms with Crippen molar-refractivity contribution in [3.8, 4) is 0 Å². The number of nitrogens with zero attached hydrogens (tertiary/aromatic N) is 1. The molecule has 3 N–H and O–H groups in total. The van der Waals surface area contributed by atoms with E-state index >= 15 is 0 Å². The lowest BCUT2D eigenvalue weighted by molar-refractivity contribution is -0.137. The van der Waals surface area contributed by atoms with Crippen LogP contribution in [0, 0.1) is 0 Å². The highest BCUT2D eigenvalue weighted by Gasteiger charge is 2.20. The van der Waals surface area contributed by atoms with E-state index in [0.29, 0.717) is 0 Å². The Labute approximate surface area is 122 Å². The summed E-state index contributed by atoms with van der Waals surface area (Å²) in [5.41, 5.74) is 5.82. The number of aliphatic carboxylic acids is 1. The van der Waals surface area contributed by atoms with E-state index in [4.69, 9.17) is 10.8 Å². The van der Waals surface area contributed by atoms with Gasteiger partial charge in [0.05, 0.1) is 6.04 Å². The molecule has 0 aromatic carbocycles. The molecule has 0 aliphatic heterocycles. The molecule has 20 heavy (non-hydrogen) atoms. The number of carbonyl (C=O) groups excluding carboxylic acids is 1. The third kappa shape index (κ3) is 8.91. The lowest BCUT2D eigenvalue weighted by atomic mass is 10.1. The van der Waals surface area contributed by atoms with Gasteiger partial charge in [-0.05, 0) is 19.3 Å². The van der Waals surface area contributed by atoms with Gasteiger partial charge in [0.2, 0.25) is 5.91 Å². The number of unbranched alkanes of at least 4 members (excludes halogenated alkanes) is 4. The highest BCUT2D eigenvalue weighted by atomic mass is 16.4. The third-order valence-corrected chi connectivity index (χ3v) is 3.36. The molecule has 0 aliphatic carbocycles. The van der Waals surface area contributed by atoms with Gasteiger partial charge in [0.1, 0.15) is 0 Å². The molecule has 118 valence electrons. The Morgan fingerprint density at radius 1 is 1.05 bits per heavy atom. The molecule has 0 fully saturated rings. The van der Waals surface area contributed by atoms with Crippen LogP contribution in [-0.4, -0.2) is 41.0 Å². The van der Waals surface area contributed by atoms with Crippen LogP contribution in [0.15, 0.2) is 0 Å². The molecular formula is C15H30N2O3. The summed E-state index contributed by atoms with van der Waals surface area (Å²) >= 11 is 0. The van der Waals surface area contributed by atoms with Crippen LogP contribution < -0.4 is 5.73 Å². The van der Waals surface area contributed by atoms with Gasteiger partial charge in [0.15, 0.2) is 0 Å². The molecule has 0 bridgehead atoms. The van der Waals surface area contributed by atoms with Crippen molar-refractivity contribution in [2.75, 3.05) is 13.1 Å². The number of nitrogens with two attached hydrogens (primary N) is 1. The molecule has 0 radical (unpaired) electrons. The standard InChI is InChI=1S/C15H30N2O3/c1-3-5-7-11-17(12-8-6-4-2)15(20)13(16)9-10-14(18)19/h13H,3-12,16H2,1-2H3,(H,18,19)/t13-/m1/s1.